The van der Waals surface area contributed by atoms with E-state index in [2.05, 4.69) is 5.32 Å². The number of carbonyl (C=O) groups is 3. The fourth-order valence-corrected chi connectivity index (χ4v) is 3.39. The van der Waals surface area contributed by atoms with Gasteiger partial charge in [0.25, 0.3) is 0 Å². The van der Waals surface area contributed by atoms with Crippen molar-refractivity contribution in [2.24, 2.45) is 5.92 Å². The quantitative estimate of drug-likeness (QED) is 0.774. The van der Waals surface area contributed by atoms with Crippen LogP contribution in [0.5, 0.6) is 0 Å². The molecule has 140 valence electrons. The number of carbonyl (C=O) groups excluding carboxylic acids is 3. The van der Waals surface area contributed by atoms with E-state index in [0.29, 0.717) is 35.8 Å². The second-order valence-electron chi connectivity index (χ2n) is 6.75. The van der Waals surface area contributed by atoms with Crippen molar-refractivity contribution in [3.8, 4) is 0 Å². The molecule has 0 bridgehead atoms. The predicted molar refractivity (Wildman–Crippen MR) is 105 cm³/mol. The number of hydrogen-bond acceptors (Lipinski definition) is 3. The van der Waals surface area contributed by atoms with Crippen LogP contribution in [0.1, 0.15) is 29.3 Å². The topological polar surface area (TPSA) is 66.5 Å². The molecule has 1 heterocycles. The molecule has 27 heavy (non-hydrogen) atoms. The van der Waals surface area contributed by atoms with E-state index in [1.807, 2.05) is 24.3 Å². The summed E-state index contributed by atoms with van der Waals surface area (Å²) >= 11 is 5.99. The summed E-state index contributed by atoms with van der Waals surface area (Å²) in [6.45, 7) is 2.44. The fourth-order valence-electron chi connectivity index (χ4n) is 3.18. The summed E-state index contributed by atoms with van der Waals surface area (Å²) in [6.07, 6.45) is 0.898. The first-order valence-corrected chi connectivity index (χ1v) is 9.24. The predicted octanol–water partition coefficient (Wildman–Crippen LogP) is 3.57. The van der Waals surface area contributed by atoms with Crippen molar-refractivity contribution in [1.29, 1.82) is 0 Å². The van der Waals surface area contributed by atoms with Crippen molar-refractivity contribution in [1.82, 2.24) is 4.90 Å². The number of rotatable bonds is 6. The average Bonchev–Trinajstić information content (AvgIpc) is 3.01. The van der Waals surface area contributed by atoms with Crippen molar-refractivity contribution >= 4 is 34.9 Å². The standard InChI is InChI=1S/C21H21ClN2O3/c1-14(25)16-5-3-7-19(11-16)23-21(27)17-12-20(26)24(13-17)9-8-15-4-2-6-18(22)10-15/h2-7,10-11,17H,8-9,12-13H2,1H3,(H,23,27). The van der Waals surface area contributed by atoms with Gasteiger partial charge in [-0.05, 0) is 43.2 Å². The first kappa shape index (κ1) is 19.1. The Labute approximate surface area is 163 Å². The molecule has 1 atom stereocenters. The molecule has 0 spiro atoms. The number of likely N-dealkylation sites (tertiary alicyclic amines) is 1. The highest BCUT2D eigenvalue weighted by atomic mass is 35.5. The maximum absolute atomic E-state index is 12.5. The molecule has 6 heteroatoms. The van der Waals surface area contributed by atoms with Crippen molar-refractivity contribution in [2.75, 3.05) is 18.4 Å². The van der Waals surface area contributed by atoms with Gasteiger partial charge in [0.15, 0.2) is 5.78 Å². The summed E-state index contributed by atoms with van der Waals surface area (Å²) in [5.41, 5.74) is 2.17. The van der Waals surface area contributed by atoms with Gasteiger partial charge in [0.2, 0.25) is 11.8 Å². The summed E-state index contributed by atoms with van der Waals surface area (Å²) in [5.74, 6) is -0.670. The van der Waals surface area contributed by atoms with Crippen LogP contribution in [-0.2, 0) is 16.0 Å². The molecule has 3 rings (SSSR count). The Bertz CT molecular complexity index is 881. The minimum atomic E-state index is -0.391. The van der Waals surface area contributed by atoms with Gasteiger partial charge in [0, 0.05) is 35.8 Å². The molecule has 0 saturated carbocycles. The van der Waals surface area contributed by atoms with E-state index in [4.69, 9.17) is 11.6 Å². The monoisotopic (exact) mass is 384 g/mol. The Morgan fingerprint density at radius 2 is 1.96 bits per heavy atom. The molecule has 0 aromatic heterocycles. The Morgan fingerprint density at radius 3 is 2.70 bits per heavy atom. The van der Waals surface area contributed by atoms with Gasteiger partial charge in [0.1, 0.15) is 0 Å². The van der Waals surface area contributed by atoms with E-state index >= 15 is 0 Å². The molecule has 2 amide bonds. The number of halogens is 1. The van der Waals surface area contributed by atoms with Crippen LogP contribution in [0.2, 0.25) is 5.02 Å². The number of amides is 2. The van der Waals surface area contributed by atoms with E-state index in [1.54, 1.807) is 29.2 Å². The second-order valence-corrected chi connectivity index (χ2v) is 7.18. The number of anilines is 1. The molecule has 1 fully saturated rings. The smallest absolute Gasteiger partial charge is 0.229 e. The third kappa shape index (κ3) is 4.95. The van der Waals surface area contributed by atoms with E-state index < -0.39 is 5.92 Å². The van der Waals surface area contributed by atoms with Gasteiger partial charge in [0.05, 0.1) is 5.92 Å². The van der Waals surface area contributed by atoms with Gasteiger partial charge >= 0.3 is 0 Å². The molecule has 1 unspecified atom stereocenters. The summed E-state index contributed by atoms with van der Waals surface area (Å²) in [4.78, 5) is 37.9. The van der Waals surface area contributed by atoms with Crippen molar-refractivity contribution in [2.45, 2.75) is 19.8 Å². The van der Waals surface area contributed by atoms with E-state index in [0.717, 1.165) is 5.56 Å². The molecule has 1 aliphatic rings. The van der Waals surface area contributed by atoms with E-state index in [-0.39, 0.29) is 24.0 Å². The first-order valence-electron chi connectivity index (χ1n) is 8.86. The van der Waals surface area contributed by atoms with E-state index in [1.165, 1.54) is 6.92 Å². The molecule has 5 nitrogen and oxygen atoms in total. The molecular weight excluding hydrogens is 364 g/mol. The third-order valence-electron chi connectivity index (χ3n) is 4.68. The highest BCUT2D eigenvalue weighted by Gasteiger charge is 2.34. The average molecular weight is 385 g/mol. The van der Waals surface area contributed by atoms with Crippen LogP contribution < -0.4 is 5.32 Å². The lowest BCUT2D eigenvalue weighted by molar-refractivity contribution is -0.128. The molecule has 0 radical (unpaired) electrons. The lowest BCUT2D eigenvalue weighted by Crippen LogP contribution is -2.30. The van der Waals surface area contributed by atoms with Crippen LogP contribution in [0.3, 0.4) is 0 Å². The van der Waals surface area contributed by atoms with Crippen LogP contribution in [0.4, 0.5) is 5.69 Å². The number of nitrogens with zero attached hydrogens (tertiary/aromatic N) is 1. The van der Waals surface area contributed by atoms with Crippen molar-refractivity contribution in [3.05, 3.63) is 64.7 Å². The molecule has 1 N–H and O–H groups in total. The van der Waals surface area contributed by atoms with Gasteiger partial charge in [-0.15, -0.1) is 0 Å². The normalized spacial score (nSPS) is 16.4. The molecule has 2 aromatic carbocycles. The van der Waals surface area contributed by atoms with Crippen LogP contribution >= 0.6 is 11.6 Å². The van der Waals surface area contributed by atoms with Crippen LogP contribution in [0.25, 0.3) is 0 Å². The SMILES string of the molecule is CC(=O)c1cccc(NC(=O)C2CC(=O)N(CCc3cccc(Cl)c3)C2)c1. The van der Waals surface area contributed by atoms with Gasteiger partial charge in [-0.25, -0.2) is 0 Å². The van der Waals surface area contributed by atoms with Gasteiger partial charge in [-0.3, -0.25) is 14.4 Å². The van der Waals surface area contributed by atoms with Crippen LogP contribution in [-0.4, -0.2) is 35.6 Å². The zero-order valence-corrected chi connectivity index (χ0v) is 15.8. The molecular formula is C21H21ClN2O3. The van der Waals surface area contributed by atoms with E-state index in [9.17, 15) is 14.4 Å². The van der Waals surface area contributed by atoms with Gasteiger partial charge in [-0.1, -0.05) is 35.9 Å². The van der Waals surface area contributed by atoms with Crippen molar-refractivity contribution < 1.29 is 14.4 Å². The lowest BCUT2D eigenvalue weighted by Gasteiger charge is -2.16. The second kappa shape index (κ2) is 8.35. The third-order valence-corrected chi connectivity index (χ3v) is 4.92. The Balaban J connectivity index is 1.57. The number of ketones is 1. The zero-order chi connectivity index (χ0) is 19.4. The summed E-state index contributed by atoms with van der Waals surface area (Å²) < 4.78 is 0. The minimum absolute atomic E-state index is 0.0188. The minimum Gasteiger partial charge on any atom is -0.342 e. The van der Waals surface area contributed by atoms with Gasteiger partial charge < -0.3 is 10.2 Å². The molecule has 1 aliphatic heterocycles. The molecule has 1 saturated heterocycles. The Kier molecular flexibility index (Phi) is 5.91. The first-order chi connectivity index (χ1) is 12.9. The highest BCUT2D eigenvalue weighted by molar-refractivity contribution is 6.30. The van der Waals surface area contributed by atoms with Crippen LogP contribution in [0.15, 0.2) is 48.5 Å². The maximum Gasteiger partial charge on any atom is 0.229 e. The zero-order valence-electron chi connectivity index (χ0n) is 15.1. The van der Waals surface area contributed by atoms with Crippen LogP contribution in [0, 0.1) is 5.92 Å². The number of benzene rings is 2. The Morgan fingerprint density at radius 1 is 1.19 bits per heavy atom. The number of nitrogens with one attached hydrogen (secondary N) is 1. The largest absolute Gasteiger partial charge is 0.342 e. The highest BCUT2D eigenvalue weighted by Crippen LogP contribution is 2.21. The number of hydrogen-bond donors (Lipinski definition) is 1. The summed E-state index contributed by atoms with van der Waals surface area (Å²) in [7, 11) is 0. The fraction of sp³-hybridized carbons (Fsp3) is 0.286. The Hall–Kier alpha value is -2.66. The summed E-state index contributed by atoms with van der Waals surface area (Å²) in [6, 6.07) is 14.4. The van der Waals surface area contributed by atoms with Gasteiger partial charge in [-0.2, -0.15) is 0 Å². The molecule has 2 aromatic rings. The molecule has 0 aliphatic carbocycles. The summed E-state index contributed by atoms with van der Waals surface area (Å²) in [5, 5.41) is 3.49. The lowest BCUT2D eigenvalue weighted by atomic mass is 10.1. The van der Waals surface area contributed by atoms with Crippen molar-refractivity contribution in [3.63, 3.8) is 0 Å². The number of Topliss-reactive ketones (excluding diaryl/α,β-unsaturated/α-hetero) is 1. The maximum atomic E-state index is 12.5.